The number of amides is 1. The molecule has 0 saturated heterocycles. The number of fused-ring (bicyclic) bond motifs is 1. The van der Waals surface area contributed by atoms with Crippen LogP contribution < -0.4 is 10.5 Å². The van der Waals surface area contributed by atoms with Crippen molar-refractivity contribution in [2.45, 2.75) is 0 Å². The Bertz CT molecular complexity index is 1080. The number of ether oxygens (including phenoxy) is 1. The van der Waals surface area contributed by atoms with E-state index in [1.165, 1.54) is 0 Å². The second-order valence-electron chi connectivity index (χ2n) is 5.40. The summed E-state index contributed by atoms with van der Waals surface area (Å²) in [6.45, 7) is 0. The van der Waals surface area contributed by atoms with Crippen LogP contribution in [0.3, 0.4) is 0 Å². The molecule has 4 aromatic rings. The Labute approximate surface area is 142 Å². The van der Waals surface area contributed by atoms with Gasteiger partial charge in [0.05, 0.1) is 12.4 Å². The van der Waals surface area contributed by atoms with Gasteiger partial charge in [-0.2, -0.15) is 10.2 Å². The van der Waals surface area contributed by atoms with Crippen molar-refractivity contribution >= 4 is 11.4 Å². The third-order valence-corrected chi connectivity index (χ3v) is 3.62. The van der Waals surface area contributed by atoms with E-state index in [1.54, 1.807) is 33.7 Å². The second-order valence-corrected chi connectivity index (χ2v) is 5.40. The fourth-order valence-electron chi connectivity index (χ4n) is 2.47. The van der Waals surface area contributed by atoms with Crippen LogP contribution in [0.2, 0.25) is 0 Å². The van der Waals surface area contributed by atoms with Crippen LogP contribution >= 0.6 is 0 Å². The van der Waals surface area contributed by atoms with Crippen molar-refractivity contribution in [2.24, 2.45) is 12.8 Å². The maximum atomic E-state index is 11.3. The number of aryl methyl sites for hydroxylation is 1. The normalized spacial score (nSPS) is 10.9. The molecule has 0 bridgehead atoms. The van der Waals surface area contributed by atoms with Crippen LogP contribution in [0, 0.1) is 6.07 Å². The third-order valence-electron chi connectivity index (χ3n) is 3.62. The summed E-state index contributed by atoms with van der Waals surface area (Å²) in [5.74, 6) is 0.135. The Morgan fingerprint density at radius 3 is 2.88 bits per heavy atom. The molecule has 0 aliphatic heterocycles. The maximum Gasteiger partial charge on any atom is 0.268 e. The number of nitrogens with two attached hydrogens (primary N) is 1. The molecule has 123 valence electrons. The van der Waals surface area contributed by atoms with Gasteiger partial charge in [-0.3, -0.25) is 9.48 Å². The van der Waals surface area contributed by atoms with E-state index in [-0.39, 0.29) is 11.6 Å². The molecule has 0 unspecified atom stereocenters. The van der Waals surface area contributed by atoms with Gasteiger partial charge in [-0.05, 0) is 18.2 Å². The number of aromatic nitrogens is 5. The fourth-order valence-corrected chi connectivity index (χ4v) is 2.47. The van der Waals surface area contributed by atoms with Gasteiger partial charge in [-0.25, -0.2) is 9.50 Å². The molecule has 0 aliphatic rings. The molecule has 4 rings (SSSR count). The first-order chi connectivity index (χ1) is 12.1. The summed E-state index contributed by atoms with van der Waals surface area (Å²) in [5, 5.41) is 8.45. The van der Waals surface area contributed by atoms with E-state index in [0.717, 1.165) is 16.6 Å². The van der Waals surface area contributed by atoms with Gasteiger partial charge in [-0.1, -0.05) is 0 Å². The van der Waals surface area contributed by atoms with E-state index in [4.69, 9.17) is 10.5 Å². The van der Waals surface area contributed by atoms with Crippen LogP contribution in [-0.4, -0.2) is 30.3 Å². The number of rotatable bonds is 4. The standard InChI is InChI=1S/C17H13N6O2/c1-22-9-12(8-20-22)11-7-15(14-5-6-19-23(14)10-11)25-16-4-2-3-13(21-16)17(18)24/h2,4-10H,1H3,(H2,18,24). The van der Waals surface area contributed by atoms with E-state index >= 15 is 0 Å². The van der Waals surface area contributed by atoms with Gasteiger partial charge in [0.25, 0.3) is 5.91 Å². The largest absolute Gasteiger partial charge is 0.437 e. The van der Waals surface area contributed by atoms with Crippen LogP contribution in [0.15, 0.2) is 49.1 Å². The molecular formula is C17H13N6O2. The molecule has 0 aromatic carbocycles. The minimum absolute atomic E-state index is 0.0189. The molecular weight excluding hydrogens is 320 g/mol. The number of hydrogen-bond acceptors (Lipinski definition) is 5. The lowest BCUT2D eigenvalue weighted by atomic mass is 10.1. The van der Waals surface area contributed by atoms with Crippen molar-refractivity contribution in [3.8, 4) is 22.8 Å². The Kier molecular flexibility index (Phi) is 3.42. The first kappa shape index (κ1) is 14.9. The molecule has 0 fully saturated rings. The Hall–Kier alpha value is -3.68. The molecule has 0 spiro atoms. The highest BCUT2D eigenvalue weighted by Crippen LogP contribution is 2.30. The molecule has 0 atom stereocenters. The van der Waals surface area contributed by atoms with Gasteiger partial charge in [0.1, 0.15) is 11.2 Å². The third kappa shape index (κ3) is 2.80. The van der Waals surface area contributed by atoms with Crippen LogP contribution in [0.1, 0.15) is 10.5 Å². The summed E-state index contributed by atoms with van der Waals surface area (Å²) in [5.41, 5.74) is 7.84. The van der Waals surface area contributed by atoms with E-state index in [0.29, 0.717) is 5.75 Å². The number of hydrogen-bond donors (Lipinski definition) is 1. The van der Waals surface area contributed by atoms with Gasteiger partial charge in [0, 0.05) is 42.7 Å². The average Bonchev–Trinajstić information content (AvgIpc) is 3.23. The number of carbonyl (C=O) groups is 1. The summed E-state index contributed by atoms with van der Waals surface area (Å²) < 4.78 is 9.31. The summed E-state index contributed by atoms with van der Waals surface area (Å²) in [6, 6.07) is 9.52. The Morgan fingerprint density at radius 2 is 2.12 bits per heavy atom. The second kappa shape index (κ2) is 5.75. The fraction of sp³-hybridized carbons (Fsp3) is 0.0588. The van der Waals surface area contributed by atoms with Crippen molar-refractivity contribution in [3.05, 3.63) is 60.8 Å². The molecule has 8 nitrogen and oxygen atoms in total. The molecule has 1 radical (unpaired) electrons. The summed E-state index contributed by atoms with van der Waals surface area (Å²) >= 11 is 0. The van der Waals surface area contributed by atoms with Crippen LogP contribution in [-0.2, 0) is 7.05 Å². The monoisotopic (exact) mass is 333 g/mol. The van der Waals surface area contributed by atoms with Gasteiger partial charge >= 0.3 is 0 Å². The molecule has 2 N–H and O–H groups in total. The first-order valence-corrected chi connectivity index (χ1v) is 7.43. The number of primary amides is 1. The van der Waals surface area contributed by atoms with Crippen molar-refractivity contribution in [1.82, 2.24) is 24.4 Å². The SMILES string of the molecule is Cn1cc(-c2cc(Oc3cc[c]c(C(N)=O)n3)c3ccnn3c2)cn1. The average molecular weight is 333 g/mol. The van der Waals surface area contributed by atoms with Crippen molar-refractivity contribution in [1.29, 1.82) is 0 Å². The summed E-state index contributed by atoms with van der Waals surface area (Å²) in [6.07, 6.45) is 7.22. The molecule has 0 aliphatic carbocycles. The molecule has 25 heavy (non-hydrogen) atoms. The lowest BCUT2D eigenvalue weighted by Gasteiger charge is -2.09. The highest BCUT2D eigenvalue weighted by molar-refractivity contribution is 5.90. The smallest absolute Gasteiger partial charge is 0.268 e. The van der Waals surface area contributed by atoms with Gasteiger partial charge in [0.15, 0.2) is 5.75 Å². The Balaban J connectivity index is 1.79. The predicted molar refractivity (Wildman–Crippen MR) is 89.1 cm³/mol. The zero-order valence-corrected chi connectivity index (χ0v) is 13.2. The van der Waals surface area contributed by atoms with Crippen molar-refractivity contribution < 1.29 is 9.53 Å². The molecule has 0 saturated carbocycles. The quantitative estimate of drug-likeness (QED) is 0.614. The van der Waals surface area contributed by atoms with Crippen molar-refractivity contribution in [2.75, 3.05) is 0 Å². The molecule has 4 aromatic heterocycles. The zero-order chi connectivity index (χ0) is 17.4. The topological polar surface area (TPSA) is 100 Å². The summed E-state index contributed by atoms with van der Waals surface area (Å²) in [7, 11) is 1.85. The van der Waals surface area contributed by atoms with E-state index in [9.17, 15) is 4.79 Å². The maximum absolute atomic E-state index is 11.3. The van der Waals surface area contributed by atoms with Gasteiger partial charge < -0.3 is 10.5 Å². The number of pyridine rings is 2. The zero-order valence-electron chi connectivity index (χ0n) is 13.2. The number of nitrogens with zero attached hydrogens (tertiary/aromatic N) is 5. The summed E-state index contributed by atoms with van der Waals surface area (Å²) in [4.78, 5) is 15.3. The molecule has 1 amide bonds. The van der Waals surface area contributed by atoms with Crippen LogP contribution in [0.5, 0.6) is 11.6 Å². The van der Waals surface area contributed by atoms with Gasteiger partial charge in [0.2, 0.25) is 5.88 Å². The number of carbonyl (C=O) groups excluding carboxylic acids is 1. The van der Waals surface area contributed by atoms with E-state index < -0.39 is 5.91 Å². The minimum atomic E-state index is -0.663. The van der Waals surface area contributed by atoms with E-state index in [2.05, 4.69) is 21.2 Å². The highest BCUT2D eigenvalue weighted by atomic mass is 16.5. The van der Waals surface area contributed by atoms with Crippen LogP contribution in [0.25, 0.3) is 16.6 Å². The molecule has 8 heteroatoms. The molecule has 4 heterocycles. The van der Waals surface area contributed by atoms with Crippen LogP contribution in [0.4, 0.5) is 0 Å². The highest BCUT2D eigenvalue weighted by Gasteiger charge is 2.12. The lowest BCUT2D eigenvalue weighted by molar-refractivity contribution is 0.0994. The Morgan fingerprint density at radius 1 is 1.24 bits per heavy atom. The first-order valence-electron chi connectivity index (χ1n) is 7.43. The van der Waals surface area contributed by atoms with Gasteiger partial charge in [-0.15, -0.1) is 0 Å². The van der Waals surface area contributed by atoms with Crippen molar-refractivity contribution in [3.63, 3.8) is 0 Å². The minimum Gasteiger partial charge on any atom is -0.437 e. The lowest BCUT2D eigenvalue weighted by Crippen LogP contribution is -2.13. The van der Waals surface area contributed by atoms with E-state index in [1.807, 2.05) is 31.6 Å². The predicted octanol–water partition coefficient (Wildman–Crippen LogP) is 1.82.